The van der Waals surface area contributed by atoms with Crippen molar-refractivity contribution in [2.75, 3.05) is 25.2 Å². The first-order chi connectivity index (χ1) is 11.4. The van der Waals surface area contributed by atoms with Gasteiger partial charge in [0.15, 0.2) is 0 Å². The summed E-state index contributed by atoms with van der Waals surface area (Å²) in [7, 11) is -2.07. The number of methoxy groups -OCH3 is 1. The minimum Gasteiger partial charge on any atom is -0.495 e. The predicted octanol–water partition coefficient (Wildman–Crippen LogP) is 1.49. The van der Waals surface area contributed by atoms with Gasteiger partial charge in [-0.15, -0.1) is 0 Å². The van der Waals surface area contributed by atoms with E-state index in [9.17, 15) is 13.2 Å². The molecule has 2 rings (SSSR count). The number of anilines is 1. The smallest absolute Gasteiger partial charge is 0.239 e. The third-order valence-electron chi connectivity index (χ3n) is 3.23. The van der Waals surface area contributed by atoms with Gasteiger partial charge in [0.2, 0.25) is 15.9 Å². The van der Waals surface area contributed by atoms with Crippen molar-refractivity contribution >= 4 is 21.6 Å². The molecule has 0 fully saturated rings. The molecule has 0 aliphatic rings. The zero-order valence-electron chi connectivity index (χ0n) is 13.5. The van der Waals surface area contributed by atoms with Crippen LogP contribution < -0.4 is 10.1 Å². The van der Waals surface area contributed by atoms with Crippen LogP contribution in [0.3, 0.4) is 0 Å². The van der Waals surface area contributed by atoms with Gasteiger partial charge in [-0.05, 0) is 24.3 Å². The molecule has 1 aromatic heterocycles. The summed E-state index contributed by atoms with van der Waals surface area (Å²) < 4.78 is 30.1. The number of para-hydroxylation sites is 2. The van der Waals surface area contributed by atoms with Crippen molar-refractivity contribution in [3.05, 3.63) is 54.4 Å². The second-order valence-corrected chi connectivity index (χ2v) is 7.08. The van der Waals surface area contributed by atoms with Crippen LogP contribution in [0.15, 0.2) is 48.7 Å². The number of aromatic nitrogens is 1. The molecule has 0 aliphatic heterocycles. The maximum Gasteiger partial charge on any atom is 0.239 e. The average molecular weight is 349 g/mol. The maximum absolute atomic E-state index is 12.2. The summed E-state index contributed by atoms with van der Waals surface area (Å²) in [5.74, 6) is 0.0438. The number of benzene rings is 1. The van der Waals surface area contributed by atoms with E-state index in [1.807, 2.05) is 0 Å². The van der Waals surface area contributed by atoms with Gasteiger partial charge in [-0.3, -0.25) is 9.78 Å². The summed E-state index contributed by atoms with van der Waals surface area (Å²) in [6, 6.07) is 12.1. The lowest BCUT2D eigenvalue weighted by Crippen LogP contribution is -2.37. The fraction of sp³-hybridized carbons (Fsp3) is 0.250. The number of sulfonamides is 1. The lowest BCUT2D eigenvalue weighted by atomic mass is 10.3. The van der Waals surface area contributed by atoms with Crippen LogP contribution in [0.5, 0.6) is 5.75 Å². The molecule has 1 N–H and O–H groups in total. The van der Waals surface area contributed by atoms with Gasteiger partial charge in [0, 0.05) is 6.20 Å². The topological polar surface area (TPSA) is 88.6 Å². The Morgan fingerprint density at radius 1 is 1.21 bits per heavy atom. The molecule has 0 unspecified atom stereocenters. The van der Waals surface area contributed by atoms with Crippen LogP contribution in [-0.2, 0) is 21.4 Å². The van der Waals surface area contributed by atoms with Crippen LogP contribution in [0.4, 0.5) is 5.69 Å². The molecule has 1 aromatic carbocycles. The third kappa shape index (κ3) is 5.04. The minimum absolute atomic E-state index is 0.0268. The highest BCUT2D eigenvalue weighted by atomic mass is 32.2. The number of pyridine rings is 1. The lowest BCUT2D eigenvalue weighted by molar-refractivity contribution is -0.116. The van der Waals surface area contributed by atoms with Gasteiger partial charge in [0.05, 0.1) is 37.8 Å². The number of hydrogen-bond donors (Lipinski definition) is 1. The van der Waals surface area contributed by atoms with Crippen molar-refractivity contribution in [1.82, 2.24) is 9.29 Å². The quantitative estimate of drug-likeness (QED) is 0.818. The number of rotatable bonds is 7. The molecule has 0 aliphatic carbocycles. The van der Waals surface area contributed by atoms with E-state index >= 15 is 0 Å². The largest absolute Gasteiger partial charge is 0.495 e. The van der Waals surface area contributed by atoms with Crippen LogP contribution in [0.1, 0.15) is 5.69 Å². The van der Waals surface area contributed by atoms with Crippen LogP contribution >= 0.6 is 0 Å². The SMILES string of the molecule is COc1ccccc1NC(=O)CN(Cc1ccccn1)S(C)(=O)=O. The van der Waals surface area contributed by atoms with Crippen molar-refractivity contribution in [1.29, 1.82) is 0 Å². The van der Waals surface area contributed by atoms with E-state index < -0.39 is 15.9 Å². The second-order valence-electron chi connectivity index (χ2n) is 5.10. The predicted molar refractivity (Wildman–Crippen MR) is 91.1 cm³/mol. The number of carbonyl (C=O) groups excluding carboxylic acids is 1. The van der Waals surface area contributed by atoms with Gasteiger partial charge >= 0.3 is 0 Å². The Kier molecular flexibility index (Phi) is 5.88. The lowest BCUT2D eigenvalue weighted by Gasteiger charge is -2.19. The monoisotopic (exact) mass is 349 g/mol. The van der Waals surface area contributed by atoms with Crippen molar-refractivity contribution in [2.45, 2.75) is 6.54 Å². The Balaban J connectivity index is 2.10. The summed E-state index contributed by atoms with van der Waals surface area (Å²) in [6.45, 7) is -0.285. The van der Waals surface area contributed by atoms with E-state index in [0.717, 1.165) is 10.6 Å². The number of nitrogens with one attached hydrogen (secondary N) is 1. The first-order valence-electron chi connectivity index (χ1n) is 7.18. The molecular weight excluding hydrogens is 330 g/mol. The van der Waals surface area contributed by atoms with Gasteiger partial charge in [-0.25, -0.2) is 8.42 Å². The average Bonchev–Trinajstić information content (AvgIpc) is 2.55. The first-order valence-corrected chi connectivity index (χ1v) is 9.03. The molecule has 0 saturated heterocycles. The molecule has 2 aromatic rings. The van der Waals surface area contributed by atoms with Crippen LogP contribution in [0.2, 0.25) is 0 Å². The normalized spacial score (nSPS) is 11.3. The molecule has 24 heavy (non-hydrogen) atoms. The van der Waals surface area contributed by atoms with E-state index in [1.54, 1.807) is 48.7 Å². The van der Waals surface area contributed by atoms with Crippen molar-refractivity contribution < 1.29 is 17.9 Å². The van der Waals surface area contributed by atoms with Crippen molar-refractivity contribution in [2.24, 2.45) is 0 Å². The molecule has 128 valence electrons. The summed E-state index contributed by atoms with van der Waals surface area (Å²) in [5.41, 5.74) is 1.05. The van der Waals surface area contributed by atoms with E-state index in [-0.39, 0.29) is 13.1 Å². The highest BCUT2D eigenvalue weighted by Crippen LogP contribution is 2.23. The second kappa shape index (κ2) is 7.89. The highest BCUT2D eigenvalue weighted by Gasteiger charge is 2.21. The van der Waals surface area contributed by atoms with Gasteiger partial charge in [-0.2, -0.15) is 4.31 Å². The Bertz CT molecular complexity index is 794. The molecular formula is C16H19N3O4S. The molecule has 0 saturated carbocycles. The van der Waals surface area contributed by atoms with E-state index in [4.69, 9.17) is 4.74 Å². The van der Waals surface area contributed by atoms with Crippen molar-refractivity contribution in [3.8, 4) is 5.75 Å². The standard InChI is InChI=1S/C16H19N3O4S/c1-23-15-9-4-3-8-14(15)18-16(20)12-19(24(2,21)22)11-13-7-5-6-10-17-13/h3-10H,11-12H2,1-2H3,(H,18,20). The maximum atomic E-state index is 12.2. The molecule has 0 radical (unpaired) electrons. The van der Waals surface area contributed by atoms with Crippen LogP contribution in [0, 0.1) is 0 Å². The fourth-order valence-electron chi connectivity index (χ4n) is 2.06. The van der Waals surface area contributed by atoms with Gasteiger partial charge in [0.25, 0.3) is 0 Å². The summed E-state index contributed by atoms with van der Waals surface area (Å²) in [5, 5.41) is 2.66. The van der Waals surface area contributed by atoms with Crippen molar-refractivity contribution in [3.63, 3.8) is 0 Å². The van der Waals surface area contributed by atoms with Gasteiger partial charge < -0.3 is 10.1 Å². The highest BCUT2D eigenvalue weighted by molar-refractivity contribution is 7.88. The zero-order chi connectivity index (χ0) is 17.6. The molecule has 1 amide bonds. The van der Waals surface area contributed by atoms with E-state index in [1.165, 1.54) is 7.11 Å². The Labute approximate surface area is 141 Å². The zero-order valence-corrected chi connectivity index (χ0v) is 14.3. The Hall–Kier alpha value is -2.45. The summed E-state index contributed by atoms with van der Waals surface area (Å²) in [6.07, 6.45) is 2.64. The summed E-state index contributed by atoms with van der Waals surface area (Å²) in [4.78, 5) is 16.3. The molecule has 0 atom stereocenters. The fourth-order valence-corrected chi connectivity index (χ4v) is 2.78. The number of ether oxygens (including phenoxy) is 1. The number of hydrogen-bond acceptors (Lipinski definition) is 5. The van der Waals surface area contributed by atoms with E-state index in [2.05, 4.69) is 10.3 Å². The number of nitrogens with zero attached hydrogens (tertiary/aromatic N) is 2. The minimum atomic E-state index is -3.56. The molecule has 0 spiro atoms. The molecule has 0 bridgehead atoms. The van der Waals surface area contributed by atoms with E-state index in [0.29, 0.717) is 17.1 Å². The molecule has 7 nitrogen and oxygen atoms in total. The van der Waals surface area contributed by atoms with Gasteiger partial charge in [-0.1, -0.05) is 18.2 Å². The Morgan fingerprint density at radius 3 is 2.54 bits per heavy atom. The first kappa shape index (κ1) is 17.9. The Morgan fingerprint density at radius 2 is 1.92 bits per heavy atom. The molecule has 8 heteroatoms. The molecule has 1 heterocycles. The van der Waals surface area contributed by atoms with Gasteiger partial charge in [0.1, 0.15) is 5.75 Å². The van der Waals surface area contributed by atoms with Crippen LogP contribution in [0.25, 0.3) is 0 Å². The van der Waals surface area contributed by atoms with Crippen LogP contribution in [-0.4, -0.2) is 43.5 Å². The summed E-state index contributed by atoms with van der Waals surface area (Å²) >= 11 is 0. The third-order valence-corrected chi connectivity index (χ3v) is 4.43. The number of amides is 1. The number of carbonyl (C=O) groups is 1.